The van der Waals surface area contributed by atoms with Crippen molar-refractivity contribution in [3.63, 3.8) is 0 Å². The first-order valence-corrected chi connectivity index (χ1v) is 6.51. The smallest absolute Gasteiger partial charge is 0.317 e. The van der Waals surface area contributed by atoms with Crippen LogP contribution in [-0.4, -0.2) is 35.6 Å². The number of anilines is 1. The lowest BCUT2D eigenvalue weighted by molar-refractivity contribution is -0.141. The number of aromatic nitrogens is 2. The molecule has 0 N–H and O–H groups in total. The van der Waals surface area contributed by atoms with Crippen molar-refractivity contribution in [1.82, 2.24) is 9.97 Å². The predicted molar refractivity (Wildman–Crippen MR) is 71.6 cm³/mol. The van der Waals surface area contributed by atoms with Gasteiger partial charge in [-0.2, -0.15) is 0 Å². The second-order valence-corrected chi connectivity index (χ2v) is 4.25. The molecule has 1 aliphatic rings. The van der Waals surface area contributed by atoms with Crippen molar-refractivity contribution in [2.24, 2.45) is 0 Å². The Bertz CT molecular complexity index is 482. The molecule has 0 aliphatic carbocycles. The lowest BCUT2D eigenvalue weighted by Gasteiger charge is -2.13. The van der Waals surface area contributed by atoms with Gasteiger partial charge in [-0.05, 0) is 19.8 Å². The summed E-state index contributed by atoms with van der Waals surface area (Å²) in [5, 5.41) is 0. The van der Waals surface area contributed by atoms with Crippen LogP contribution in [0.4, 0.5) is 5.95 Å². The number of ether oxygens (including phenoxy) is 1. The van der Waals surface area contributed by atoms with E-state index in [-0.39, 0.29) is 12.4 Å². The fourth-order valence-corrected chi connectivity index (χ4v) is 1.90. The van der Waals surface area contributed by atoms with Crippen LogP contribution < -0.4 is 4.90 Å². The van der Waals surface area contributed by atoms with E-state index < -0.39 is 0 Å². The number of rotatable bonds is 3. The minimum Gasteiger partial charge on any atom is -0.465 e. The van der Waals surface area contributed by atoms with E-state index in [0.717, 1.165) is 19.0 Å². The van der Waals surface area contributed by atoms with Gasteiger partial charge in [0.2, 0.25) is 5.95 Å². The molecule has 19 heavy (non-hydrogen) atoms. The third kappa shape index (κ3) is 3.95. The van der Waals surface area contributed by atoms with E-state index in [4.69, 9.17) is 4.74 Å². The van der Waals surface area contributed by atoms with Crippen molar-refractivity contribution in [3.05, 3.63) is 18.0 Å². The van der Waals surface area contributed by atoms with Crippen molar-refractivity contribution >= 4 is 11.9 Å². The zero-order valence-corrected chi connectivity index (χ0v) is 11.1. The number of carbonyl (C=O) groups excluding carboxylic acids is 1. The molecule has 1 fully saturated rings. The van der Waals surface area contributed by atoms with Crippen LogP contribution in [0.1, 0.15) is 31.7 Å². The molecule has 5 nitrogen and oxygen atoms in total. The summed E-state index contributed by atoms with van der Waals surface area (Å²) in [6.07, 6.45) is 5.88. The van der Waals surface area contributed by atoms with Crippen LogP contribution >= 0.6 is 0 Å². The first kappa shape index (κ1) is 13.3. The molecule has 1 aromatic heterocycles. The molecule has 0 unspecified atom stereocenters. The Morgan fingerprint density at radius 3 is 2.68 bits per heavy atom. The molecule has 0 radical (unpaired) electrons. The zero-order chi connectivity index (χ0) is 13.5. The van der Waals surface area contributed by atoms with Crippen LogP contribution in [-0.2, 0) is 9.53 Å². The third-order valence-electron chi connectivity index (χ3n) is 2.80. The molecule has 1 aliphatic heterocycles. The minimum atomic E-state index is -0.301. The summed E-state index contributed by atoms with van der Waals surface area (Å²) in [6.45, 7) is 4.20. The van der Waals surface area contributed by atoms with Gasteiger partial charge in [-0.15, -0.1) is 0 Å². The highest BCUT2D eigenvalue weighted by atomic mass is 16.5. The van der Waals surface area contributed by atoms with Crippen molar-refractivity contribution < 1.29 is 9.53 Å². The topological polar surface area (TPSA) is 55.3 Å². The van der Waals surface area contributed by atoms with Gasteiger partial charge in [-0.1, -0.05) is 11.8 Å². The second-order valence-electron chi connectivity index (χ2n) is 4.25. The minimum absolute atomic E-state index is 0.0989. The Balaban J connectivity index is 1.91. The maximum Gasteiger partial charge on any atom is 0.317 e. The zero-order valence-electron chi connectivity index (χ0n) is 11.1. The quantitative estimate of drug-likeness (QED) is 0.606. The van der Waals surface area contributed by atoms with Gasteiger partial charge in [0.1, 0.15) is 6.42 Å². The standard InChI is InChI=1S/C14H17N3O2/c1-2-19-13(18)7-5-6-12-10-15-14(16-11-12)17-8-3-4-9-17/h10-11H,2-4,7-9H2,1H3. The highest BCUT2D eigenvalue weighted by Crippen LogP contribution is 2.14. The van der Waals surface area contributed by atoms with Crippen LogP contribution in [0.25, 0.3) is 0 Å². The molecule has 0 bridgehead atoms. The van der Waals surface area contributed by atoms with Crippen molar-refractivity contribution in [2.75, 3.05) is 24.6 Å². The van der Waals surface area contributed by atoms with Crippen LogP contribution in [0.2, 0.25) is 0 Å². The van der Waals surface area contributed by atoms with Gasteiger partial charge in [-0.3, -0.25) is 4.79 Å². The first-order chi connectivity index (χ1) is 9.29. The molecular weight excluding hydrogens is 242 g/mol. The highest BCUT2D eigenvalue weighted by molar-refractivity contribution is 5.72. The largest absolute Gasteiger partial charge is 0.465 e. The maximum absolute atomic E-state index is 11.1. The average Bonchev–Trinajstić information content (AvgIpc) is 2.94. The van der Waals surface area contributed by atoms with Gasteiger partial charge < -0.3 is 9.64 Å². The molecule has 5 heteroatoms. The number of hydrogen-bond acceptors (Lipinski definition) is 5. The van der Waals surface area contributed by atoms with Crippen LogP contribution in [0.5, 0.6) is 0 Å². The lowest BCUT2D eigenvalue weighted by Crippen LogP contribution is -2.20. The molecule has 2 rings (SSSR count). The summed E-state index contributed by atoms with van der Waals surface area (Å²) in [6, 6.07) is 0. The van der Waals surface area contributed by atoms with Gasteiger partial charge in [0, 0.05) is 25.5 Å². The molecule has 100 valence electrons. The summed E-state index contributed by atoms with van der Waals surface area (Å²) < 4.78 is 4.79. The predicted octanol–water partition coefficient (Wildman–Crippen LogP) is 1.38. The maximum atomic E-state index is 11.1. The number of hydrogen-bond donors (Lipinski definition) is 0. The molecule has 2 heterocycles. The van der Waals surface area contributed by atoms with E-state index in [1.807, 2.05) is 0 Å². The summed E-state index contributed by atoms with van der Waals surface area (Å²) in [4.78, 5) is 21.8. The fourth-order valence-electron chi connectivity index (χ4n) is 1.90. The van der Waals surface area contributed by atoms with Crippen LogP contribution in [0, 0.1) is 11.8 Å². The molecule has 1 saturated heterocycles. The van der Waals surface area contributed by atoms with Gasteiger partial charge in [0.05, 0.1) is 12.2 Å². The molecule has 0 amide bonds. The average molecular weight is 259 g/mol. The molecule has 0 aromatic carbocycles. The van der Waals surface area contributed by atoms with E-state index >= 15 is 0 Å². The summed E-state index contributed by atoms with van der Waals surface area (Å²) in [7, 11) is 0. The van der Waals surface area contributed by atoms with E-state index in [1.165, 1.54) is 12.8 Å². The van der Waals surface area contributed by atoms with E-state index in [2.05, 4.69) is 26.7 Å². The molecule has 0 saturated carbocycles. The molecule has 0 spiro atoms. The van der Waals surface area contributed by atoms with E-state index in [9.17, 15) is 4.79 Å². The molecule has 0 atom stereocenters. The van der Waals surface area contributed by atoms with Crippen molar-refractivity contribution in [3.8, 4) is 11.8 Å². The van der Waals surface area contributed by atoms with Gasteiger partial charge in [0.15, 0.2) is 0 Å². The van der Waals surface area contributed by atoms with E-state index in [0.29, 0.717) is 12.2 Å². The molecule has 1 aromatic rings. The number of nitrogens with zero attached hydrogens (tertiary/aromatic N) is 3. The Kier molecular flexibility index (Phi) is 4.73. The van der Waals surface area contributed by atoms with Gasteiger partial charge >= 0.3 is 5.97 Å². The van der Waals surface area contributed by atoms with Crippen molar-refractivity contribution in [1.29, 1.82) is 0 Å². The summed E-state index contributed by atoms with van der Waals surface area (Å²) in [5.41, 5.74) is 0.715. The van der Waals surface area contributed by atoms with Gasteiger partial charge in [0.25, 0.3) is 0 Å². The first-order valence-electron chi connectivity index (χ1n) is 6.51. The SMILES string of the molecule is CCOC(=O)CC#Cc1cnc(N2CCCC2)nc1. The Morgan fingerprint density at radius 1 is 1.37 bits per heavy atom. The normalized spacial score (nSPS) is 13.8. The summed E-state index contributed by atoms with van der Waals surface area (Å²) >= 11 is 0. The summed E-state index contributed by atoms with van der Waals surface area (Å²) in [5.74, 6) is 6.07. The second kappa shape index (κ2) is 6.74. The fraction of sp³-hybridized carbons (Fsp3) is 0.500. The number of esters is 1. The molecular formula is C14H17N3O2. The Morgan fingerprint density at radius 2 is 2.05 bits per heavy atom. The van der Waals surface area contributed by atoms with Crippen LogP contribution in [0.3, 0.4) is 0 Å². The van der Waals surface area contributed by atoms with Gasteiger partial charge in [-0.25, -0.2) is 9.97 Å². The number of carbonyl (C=O) groups is 1. The van der Waals surface area contributed by atoms with E-state index in [1.54, 1.807) is 19.3 Å². The monoisotopic (exact) mass is 259 g/mol. The van der Waals surface area contributed by atoms with Crippen molar-refractivity contribution in [2.45, 2.75) is 26.2 Å². The Labute approximate surface area is 113 Å². The lowest BCUT2D eigenvalue weighted by atomic mass is 10.3. The highest BCUT2D eigenvalue weighted by Gasteiger charge is 2.13. The third-order valence-corrected chi connectivity index (χ3v) is 2.80. The van der Waals surface area contributed by atoms with Crippen LogP contribution in [0.15, 0.2) is 12.4 Å². The Hall–Kier alpha value is -2.09.